The largest absolute Gasteiger partial charge is 0.383 e. The maximum absolute atomic E-state index is 5.25. The van der Waals surface area contributed by atoms with Gasteiger partial charge in [0.2, 0.25) is 0 Å². The predicted molar refractivity (Wildman–Crippen MR) is 73.5 cm³/mol. The summed E-state index contributed by atoms with van der Waals surface area (Å²) < 4.78 is 5.25. The quantitative estimate of drug-likeness (QED) is 0.706. The minimum absolute atomic E-state index is 0.316. The number of methoxy groups -OCH3 is 1. The molecule has 0 aliphatic carbocycles. The van der Waals surface area contributed by atoms with E-state index >= 15 is 0 Å². The first-order chi connectivity index (χ1) is 8.15. The van der Waals surface area contributed by atoms with E-state index < -0.39 is 0 Å². The van der Waals surface area contributed by atoms with Gasteiger partial charge in [-0.15, -0.1) is 0 Å². The number of nitrogens with zero attached hydrogens (tertiary/aromatic N) is 1. The number of ether oxygens (including phenoxy) is 1. The molecule has 3 heteroatoms. The van der Waals surface area contributed by atoms with Gasteiger partial charge >= 0.3 is 0 Å². The molecule has 0 amide bonds. The van der Waals surface area contributed by atoms with Crippen molar-refractivity contribution in [2.45, 2.75) is 58.0 Å². The average molecular weight is 242 g/mol. The van der Waals surface area contributed by atoms with Crippen LogP contribution in [0.15, 0.2) is 0 Å². The molecule has 0 aromatic heterocycles. The molecule has 3 nitrogen and oxygen atoms in total. The molecule has 1 N–H and O–H groups in total. The topological polar surface area (TPSA) is 24.5 Å². The van der Waals surface area contributed by atoms with E-state index in [0.29, 0.717) is 11.6 Å². The zero-order valence-corrected chi connectivity index (χ0v) is 12.1. The van der Waals surface area contributed by atoms with Crippen LogP contribution in [0.5, 0.6) is 0 Å². The number of nitrogens with one attached hydrogen (secondary N) is 1. The summed E-state index contributed by atoms with van der Waals surface area (Å²) >= 11 is 0. The van der Waals surface area contributed by atoms with Crippen LogP contribution in [0.2, 0.25) is 0 Å². The Kier molecular flexibility index (Phi) is 6.45. The third-order valence-corrected chi connectivity index (χ3v) is 4.05. The molecule has 0 saturated carbocycles. The molecule has 1 fully saturated rings. The molecule has 1 aliphatic rings. The lowest BCUT2D eigenvalue weighted by atomic mass is 9.97. The van der Waals surface area contributed by atoms with Crippen LogP contribution >= 0.6 is 0 Å². The molecule has 1 unspecified atom stereocenters. The Morgan fingerprint density at radius 2 is 2.06 bits per heavy atom. The van der Waals surface area contributed by atoms with Crippen molar-refractivity contribution in [2.75, 3.05) is 33.4 Å². The Bertz CT molecular complexity index is 198. The molecular weight excluding hydrogens is 212 g/mol. The zero-order valence-electron chi connectivity index (χ0n) is 12.1. The zero-order chi connectivity index (χ0) is 12.7. The Balaban J connectivity index is 2.55. The van der Waals surface area contributed by atoms with Crippen LogP contribution in [0.1, 0.15) is 46.5 Å². The van der Waals surface area contributed by atoms with Crippen LogP contribution in [0.25, 0.3) is 0 Å². The van der Waals surface area contributed by atoms with E-state index in [4.69, 9.17) is 4.74 Å². The maximum Gasteiger partial charge on any atom is 0.0589 e. The van der Waals surface area contributed by atoms with Crippen molar-refractivity contribution in [3.63, 3.8) is 0 Å². The lowest BCUT2D eigenvalue weighted by molar-refractivity contribution is 0.0932. The molecule has 1 heterocycles. The van der Waals surface area contributed by atoms with Crippen LogP contribution in [0.4, 0.5) is 0 Å². The molecule has 1 atom stereocenters. The highest BCUT2D eigenvalue weighted by atomic mass is 16.5. The van der Waals surface area contributed by atoms with E-state index in [2.05, 4.69) is 31.0 Å². The molecule has 17 heavy (non-hydrogen) atoms. The van der Waals surface area contributed by atoms with Crippen molar-refractivity contribution in [3.8, 4) is 0 Å². The van der Waals surface area contributed by atoms with Gasteiger partial charge in [0.15, 0.2) is 0 Å². The van der Waals surface area contributed by atoms with Gasteiger partial charge in [0.05, 0.1) is 6.61 Å². The molecule has 0 bridgehead atoms. The summed E-state index contributed by atoms with van der Waals surface area (Å²) in [4.78, 5) is 2.61. The fraction of sp³-hybridized carbons (Fsp3) is 1.00. The van der Waals surface area contributed by atoms with Crippen LogP contribution < -0.4 is 5.32 Å². The lowest BCUT2D eigenvalue weighted by Gasteiger charge is -2.37. The lowest BCUT2D eigenvalue weighted by Crippen LogP contribution is -2.51. The molecule has 102 valence electrons. The number of hydrogen-bond acceptors (Lipinski definition) is 3. The SMILES string of the molecule is CCC(CC)N(CCOC)CC1(C)CCCN1. The summed E-state index contributed by atoms with van der Waals surface area (Å²) in [6.45, 7) is 11.2. The van der Waals surface area contributed by atoms with Gasteiger partial charge in [-0.25, -0.2) is 0 Å². The summed E-state index contributed by atoms with van der Waals surface area (Å²) in [5.41, 5.74) is 0.316. The third-order valence-electron chi connectivity index (χ3n) is 4.05. The van der Waals surface area contributed by atoms with E-state index in [-0.39, 0.29) is 0 Å². The van der Waals surface area contributed by atoms with Gasteiger partial charge in [-0.05, 0) is 39.2 Å². The molecule has 0 spiro atoms. The van der Waals surface area contributed by atoms with Gasteiger partial charge in [0, 0.05) is 31.8 Å². The molecule has 1 aliphatic heterocycles. The second-order valence-corrected chi connectivity index (χ2v) is 5.52. The first-order valence-electron chi connectivity index (χ1n) is 7.13. The van der Waals surface area contributed by atoms with Crippen molar-refractivity contribution in [3.05, 3.63) is 0 Å². The Morgan fingerprint density at radius 1 is 1.35 bits per heavy atom. The fourth-order valence-corrected chi connectivity index (χ4v) is 2.94. The van der Waals surface area contributed by atoms with Crippen LogP contribution in [0, 0.1) is 0 Å². The van der Waals surface area contributed by atoms with Crippen molar-refractivity contribution in [2.24, 2.45) is 0 Å². The van der Waals surface area contributed by atoms with E-state index in [0.717, 1.165) is 19.7 Å². The van der Waals surface area contributed by atoms with Gasteiger partial charge in [-0.2, -0.15) is 0 Å². The van der Waals surface area contributed by atoms with E-state index in [1.807, 2.05) is 0 Å². The minimum Gasteiger partial charge on any atom is -0.383 e. The number of rotatable bonds is 8. The molecule has 0 radical (unpaired) electrons. The van der Waals surface area contributed by atoms with Crippen LogP contribution in [-0.4, -0.2) is 49.8 Å². The van der Waals surface area contributed by atoms with Crippen molar-refractivity contribution >= 4 is 0 Å². The van der Waals surface area contributed by atoms with Crippen molar-refractivity contribution in [1.82, 2.24) is 10.2 Å². The van der Waals surface area contributed by atoms with Gasteiger partial charge in [-0.1, -0.05) is 13.8 Å². The second-order valence-electron chi connectivity index (χ2n) is 5.52. The Labute approximate surface area is 107 Å². The molecule has 1 rings (SSSR count). The van der Waals surface area contributed by atoms with Gasteiger partial charge in [0.25, 0.3) is 0 Å². The van der Waals surface area contributed by atoms with Crippen LogP contribution in [0.3, 0.4) is 0 Å². The fourth-order valence-electron chi connectivity index (χ4n) is 2.94. The predicted octanol–water partition coefficient (Wildman–Crippen LogP) is 2.27. The summed E-state index contributed by atoms with van der Waals surface area (Å²) in [6, 6.07) is 0.698. The second kappa shape index (κ2) is 7.34. The Hall–Kier alpha value is -0.120. The highest BCUT2D eigenvalue weighted by Crippen LogP contribution is 2.22. The van der Waals surface area contributed by atoms with Crippen molar-refractivity contribution in [1.29, 1.82) is 0 Å². The number of hydrogen-bond donors (Lipinski definition) is 1. The highest BCUT2D eigenvalue weighted by molar-refractivity contribution is 4.92. The van der Waals surface area contributed by atoms with E-state index in [1.54, 1.807) is 7.11 Å². The third kappa shape index (κ3) is 4.57. The monoisotopic (exact) mass is 242 g/mol. The summed E-state index contributed by atoms with van der Waals surface area (Å²) in [5.74, 6) is 0. The van der Waals surface area contributed by atoms with Crippen molar-refractivity contribution < 1.29 is 4.74 Å². The smallest absolute Gasteiger partial charge is 0.0589 e. The Morgan fingerprint density at radius 3 is 2.53 bits per heavy atom. The minimum atomic E-state index is 0.316. The van der Waals surface area contributed by atoms with E-state index in [1.165, 1.54) is 32.2 Å². The standard InChI is InChI=1S/C14H30N2O/c1-5-13(6-2)16(10-11-17-4)12-14(3)8-7-9-15-14/h13,15H,5-12H2,1-4H3. The maximum atomic E-state index is 5.25. The molecular formula is C14H30N2O. The van der Waals surface area contributed by atoms with Gasteiger partial charge in [-0.3, -0.25) is 4.90 Å². The van der Waals surface area contributed by atoms with Gasteiger partial charge in [0.1, 0.15) is 0 Å². The normalized spacial score (nSPS) is 25.1. The summed E-state index contributed by atoms with van der Waals surface area (Å²) in [6.07, 6.45) is 5.08. The first-order valence-corrected chi connectivity index (χ1v) is 7.13. The first kappa shape index (κ1) is 14.9. The molecule has 0 aromatic rings. The molecule has 0 aromatic carbocycles. The van der Waals surface area contributed by atoms with Crippen LogP contribution in [-0.2, 0) is 4.74 Å². The summed E-state index contributed by atoms with van der Waals surface area (Å²) in [5, 5.41) is 3.66. The van der Waals surface area contributed by atoms with E-state index in [9.17, 15) is 0 Å². The molecule has 1 saturated heterocycles. The average Bonchev–Trinajstić information content (AvgIpc) is 2.74. The van der Waals surface area contributed by atoms with Gasteiger partial charge < -0.3 is 10.1 Å². The highest BCUT2D eigenvalue weighted by Gasteiger charge is 2.31. The summed E-state index contributed by atoms with van der Waals surface area (Å²) in [7, 11) is 1.79.